The molecule has 0 aromatic rings. The van der Waals surface area contributed by atoms with Crippen LogP contribution in [-0.4, -0.2) is 24.7 Å². The number of carbonyl (C=O) groups is 1. The normalized spacial score (nSPS) is 12.8. The number of hydrogen-bond donors (Lipinski definition) is 0. The predicted octanol–water partition coefficient (Wildman–Crippen LogP) is 6.20. The van der Waals surface area contributed by atoms with E-state index in [2.05, 4.69) is 23.8 Å². The lowest BCUT2D eigenvalue weighted by Gasteiger charge is -2.17. The fraction of sp³-hybridized carbons (Fsp3) is 0.824. The van der Waals surface area contributed by atoms with E-state index in [1.165, 1.54) is 6.42 Å². The smallest absolute Gasteiger partial charge is 0.461 e. The van der Waals surface area contributed by atoms with Gasteiger partial charge in [-0.1, -0.05) is 57.6 Å². The van der Waals surface area contributed by atoms with Crippen LogP contribution in [0.15, 0.2) is 12.2 Å². The summed E-state index contributed by atoms with van der Waals surface area (Å²) in [5.41, 5.74) is 0. The number of allylic oxidation sites excluding steroid dienone is 2. The Labute approximate surface area is 140 Å². The lowest BCUT2D eigenvalue weighted by molar-refractivity contribution is -0.280. The Morgan fingerprint density at radius 2 is 1.33 bits per heavy atom. The van der Waals surface area contributed by atoms with Crippen molar-refractivity contribution in [2.24, 2.45) is 0 Å². The molecule has 0 saturated heterocycles. The van der Waals surface area contributed by atoms with Gasteiger partial charge in [0, 0.05) is 0 Å². The maximum absolute atomic E-state index is 12.6. The first-order chi connectivity index (χ1) is 11.2. The van der Waals surface area contributed by atoms with Crippen molar-refractivity contribution in [3.05, 3.63) is 12.2 Å². The van der Waals surface area contributed by atoms with E-state index in [4.69, 9.17) is 0 Å². The minimum atomic E-state index is -5.91. The Morgan fingerprint density at radius 3 is 1.83 bits per heavy atom. The van der Waals surface area contributed by atoms with E-state index in [-0.39, 0.29) is 0 Å². The maximum atomic E-state index is 12.6. The van der Waals surface area contributed by atoms with E-state index in [1.807, 2.05) is 0 Å². The minimum absolute atomic E-state index is 0.293. The number of rotatable bonds is 13. The van der Waals surface area contributed by atoms with Gasteiger partial charge in [-0.25, -0.2) is 4.79 Å². The largest absolute Gasteiger partial charge is 0.465 e. The van der Waals surface area contributed by atoms with Gasteiger partial charge < -0.3 is 4.74 Å². The summed E-state index contributed by atoms with van der Waals surface area (Å²) < 4.78 is 64.8. The average molecular weight is 358 g/mol. The molecule has 0 aliphatic rings. The van der Waals surface area contributed by atoms with E-state index in [0.29, 0.717) is 12.8 Å². The molecule has 142 valence electrons. The van der Waals surface area contributed by atoms with Crippen molar-refractivity contribution in [2.45, 2.75) is 83.2 Å². The van der Waals surface area contributed by atoms with Crippen LogP contribution in [0.4, 0.5) is 22.0 Å². The second-order valence-electron chi connectivity index (χ2n) is 5.70. The van der Waals surface area contributed by atoms with Crippen LogP contribution in [0.2, 0.25) is 0 Å². The minimum Gasteiger partial charge on any atom is -0.461 e. The molecular weight excluding hydrogens is 331 g/mol. The second-order valence-corrected chi connectivity index (χ2v) is 5.70. The van der Waals surface area contributed by atoms with Crippen LogP contribution in [-0.2, 0) is 9.53 Å². The summed E-state index contributed by atoms with van der Waals surface area (Å²) >= 11 is 0. The molecule has 0 aromatic heterocycles. The van der Waals surface area contributed by atoms with Gasteiger partial charge in [-0.2, -0.15) is 22.0 Å². The number of esters is 1. The summed E-state index contributed by atoms with van der Waals surface area (Å²) in [6.07, 6.45) is 7.89. The van der Waals surface area contributed by atoms with Gasteiger partial charge in [-0.3, -0.25) is 0 Å². The van der Waals surface area contributed by atoms with Crippen molar-refractivity contribution >= 4 is 5.97 Å². The molecule has 0 aliphatic carbocycles. The van der Waals surface area contributed by atoms with Crippen LogP contribution in [0, 0.1) is 0 Å². The molecule has 7 heteroatoms. The van der Waals surface area contributed by atoms with Crippen LogP contribution < -0.4 is 0 Å². The third kappa shape index (κ3) is 9.88. The molecule has 0 aliphatic heterocycles. The number of carbonyl (C=O) groups excluding carboxylic acids is 1. The first-order valence-electron chi connectivity index (χ1n) is 8.50. The van der Waals surface area contributed by atoms with Gasteiger partial charge in [0.15, 0.2) is 0 Å². The zero-order valence-corrected chi connectivity index (χ0v) is 14.1. The highest BCUT2D eigenvalue weighted by atomic mass is 19.4. The van der Waals surface area contributed by atoms with Crippen molar-refractivity contribution < 1.29 is 31.5 Å². The van der Waals surface area contributed by atoms with Crippen LogP contribution in [0.1, 0.15) is 71.1 Å². The third-order valence-corrected chi connectivity index (χ3v) is 3.51. The second kappa shape index (κ2) is 12.3. The van der Waals surface area contributed by atoms with Gasteiger partial charge in [0.25, 0.3) is 0 Å². The molecule has 0 bridgehead atoms. The molecule has 0 spiro atoms. The topological polar surface area (TPSA) is 26.3 Å². The first kappa shape index (κ1) is 22.9. The van der Waals surface area contributed by atoms with Gasteiger partial charge in [0.2, 0.25) is 0 Å². The Balaban J connectivity index is 3.49. The molecule has 24 heavy (non-hydrogen) atoms. The third-order valence-electron chi connectivity index (χ3n) is 3.51. The van der Waals surface area contributed by atoms with E-state index in [9.17, 15) is 26.7 Å². The molecule has 0 radical (unpaired) electrons. The van der Waals surface area contributed by atoms with Crippen LogP contribution in [0.3, 0.4) is 0 Å². The molecule has 0 fully saturated rings. The Bertz CT molecular complexity index is 364. The Morgan fingerprint density at radius 1 is 0.833 bits per heavy atom. The van der Waals surface area contributed by atoms with E-state index < -0.39 is 24.7 Å². The number of hydrogen-bond acceptors (Lipinski definition) is 2. The SMILES string of the molecule is CC/C=C/CCCCCCCCCCOC(=O)C(F)(F)C(F)(F)F. The monoisotopic (exact) mass is 358 g/mol. The molecule has 0 saturated carbocycles. The zero-order valence-electron chi connectivity index (χ0n) is 14.1. The van der Waals surface area contributed by atoms with E-state index in [1.54, 1.807) is 0 Å². The molecule has 2 nitrogen and oxygen atoms in total. The van der Waals surface area contributed by atoms with Gasteiger partial charge in [0.05, 0.1) is 6.61 Å². The molecule has 0 aromatic carbocycles. The Hall–Kier alpha value is -1.14. The van der Waals surface area contributed by atoms with Crippen molar-refractivity contribution in [3.8, 4) is 0 Å². The number of unbranched alkanes of at least 4 members (excludes halogenated alkanes) is 8. The summed E-state index contributed by atoms with van der Waals surface area (Å²) in [6, 6.07) is 0. The average Bonchev–Trinajstić information content (AvgIpc) is 2.50. The first-order valence-corrected chi connectivity index (χ1v) is 8.50. The summed E-state index contributed by atoms with van der Waals surface area (Å²) in [4.78, 5) is 10.7. The number of halogens is 5. The van der Waals surface area contributed by atoms with Crippen molar-refractivity contribution in [2.75, 3.05) is 6.61 Å². The summed E-state index contributed by atoms with van der Waals surface area (Å²) in [7, 11) is 0. The number of alkyl halides is 5. The van der Waals surface area contributed by atoms with Gasteiger partial charge in [0.1, 0.15) is 0 Å². The molecule has 0 heterocycles. The molecule has 0 N–H and O–H groups in total. The van der Waals surface area contributed by atoms with Gasteiger partial charge in [-0.05, 0) is 25.7 Å². The summed E-state index contributed by atoms with van der Waals surface area (Å²) in [6.45, 7) is 1.69. The van der Waals surface area contributed by atoms with Crippen molar-refractivity contribution in [1.82, 2.24) is 0 Å². The quantitative estimate of drug-likeness (QED) is 0.169. The van der Waals surface area contributed by atoms with Crippen molar-refractivity contribution in [1.29, 1.82) is 0 Å². The molecular formula is C17H27F5O2. The molecule has 0 amide bonds. The highest BCUT2D eigenvalue weighted by Gasteiger charge is 2.64. The zero-order chi connectivity index (χ0) is 18.5. The van der Waals surface area contributed by atoms with Crippen LogP contribution in [0.25, 0.3) is 0 Å². The fourth-order valence-corrected chi connectivity index (χ4v) is 2.08. The van der Waals surface area contributed by atoms with E-state index >= 15 is 0 Å². The lowest BCUT2D eigenvalue weighted by atomic mass is 10.1. The highest BCUT2D eigenvalue weighted by Crippen LogP contribution is 2.36. The standard InChI is InChI=1S/C17H27F5O2/c1-2-3-4-5-6-7-8-9-10-11-12-13-14-24-15(23)16(18,19)17(20,21)22/h3-4H,2,5-14H2,1H3/b4-3+. The summed E-state index contributed by atoms with van der Waals surface area (Å²) in [5.74, 6) is -7.95. The fourth-order valence-electron chi connectivity index (χ4n) is 2.08. The van der Waals surface area contributed by atoms with Gasteiger partial charge in [-0.15, -0.1) is 0 Å². The Kier molecular flexibility index (Phi) is 11.7. The number of ether oxygens (including phenoxy) is 1. The highest BCUT2D eigenvalue weighted by molar-refractivity contribution is 5.78. The van der Waals surface area contributed by atoms with Crippen LogP contribution >= 0.6 is 0 Å². The summed E-state index contributed by atoms with van der Waals surface area (Å²) in [5, 5.41) is 0. The lowest BCUT2D eigenvalue weighted by Crippen LogP contribution is -2.45. The predicted molar refractivity (Wildman–Crippen MR) is 82.9 cm³/mol. The van der Waals surface area contributed by atoms with Crippen molar-refractivity contribution in [3.63, 3.8) is 0 Å². The molecule has 0 unspecified atom stereocenters. The maximum Gasteiger partial charge on any atom is 0.465 e. The molecule has 0 rings (SSSR count). The van der Waals surface area contributed by atoms with Gasteiger partial charge >= 0.3 is 18.1 Å². The van der Waals surface area contributed by atoms with E-state index in [0.717, 1.165) is 44.9 Å². The van der Waals surface area contributed by atoms with Crippen LogP contribution in [0.5, 0.6) is 0 Å². The molecule has 0 atom stereocenters.